The summed E-state index contributed by atoms with van der Waals surface area (Å²) in [5.74, 6) is 0. The van der Waals surface area contributed by atoms with Gasteiger partial charge in [-0.3, -0.25) is 0 Å². The molecule has 2 N–H and O–H groups in total. The lowest BCUT2D eigenvalue weighted by atomic mass is 10.2. The van der Waals surface area contributed by atoms with Crippen LogP contribution in [0.4, 0.5) is 11.4 Å². The van der Waals surface area contributed by atoms with Gasteiger partial charge in [0.25, 0.3) is 0 Å². The molecule has 1 aromatic rings. The molecule has 0 saturated carbocycles. The molecule has 0 spiro atoms. The molecule has 0 saturated heterocycles. The van der Waals surface area contributed by atoms with E-state index >= 15 is 0 Å². The number of nitrogens with zero attached hydrogens (tertiary/aromatic N) is 1. The van der Waals surface area contributed by atoms with Gasteiger partial charge < -0.3 is 10.6 Å². The Bertz CT molecular complexity index is 258. The lowest BCUT2D eigenvalue weighted by molar-refractivity contribution is 0.872. The van der Waals surface area contributed by atoms with Crippen molar-refractivity contribution >= 4 is 20.0 Å². The van der Waals surface area contributed by atoms with E-state index in [1.54, 1.807) is 0 Å². The van der Waals surface area contributed by atoms with Crippen LogP contribution in [0, 0.1) is 0 Å². The van der Waals surface area contributed by atoms with E-state index in [1.165, 1.54) is 11.8 Å². The van der Waals surface area contributed by atoms with Gasteiger partial charge in [-0.15, -0.1) is 8.58 Å². The molecule has 2 nitrogen and oxygen atoms in total. The van der Waals surface area contributed by atoms with E-state index in [0.717, 1.165) is 27.4 Å². The van der Waals surface area contributed by atoms with Gasteiger partial charge in [-0.25, -0.2) is 0 Å². The van der Waals surface area contributed by atoms with E-state index in [2.05, 4.69) is 30.6 Å². The number of nitrogen functional groups attached to an aromatic ring is 1. The van der Waals surface area contributed by atoms with Gasteiger partial charge in [-0.1, -0.05) is 0 Å². The Hall–Kier alpha value is -0.750. The van der Waals surface area contributed by atoms with Crippen LogP contribution in [0.3, 0.4) is 0 Å². The van der Waals surface area contributed by atoms with Crippen LogP contribution in [0.5, 0.6) is 0 Å². The zero-order valence-electron chi connectivity index (χ0n) is 8.96. The Kier molecular flexibility index (Phi) is 4.75. The summed E-state index contributed by atoms with van der Waals surface area (Å²) in [6.07, 6.45) is 1.28. The summed E-state index contributed by atoms with van der Waals surface area (Å²) in [6, 6.07) is 8.12. The molecular formula is C11H19N2P. The second kappa shape index (κ2) is 5.87. The van der Waals surface area contributed by atoms with Crippen molar-refractivity contribution < 1.29 is 0 Å². The Balaban J connectivity index is 2.64. The highest BCUT2D eigenvalue weighted by atomic mass is 31.1. The lowest BCUT2D eigenvalue weighted by Crippen LogP contribution is -2.24. The van der Waals surface area contributed by atoms with Gasteiger partial charge in [0.1, 0.15) is 0 Å². The number of nitrogens with two attached hydrogens (primary N) is 1. The molecule has 1 rings (SSSR count). The molecule has 0 radical (unpaired) electrons. The third-order valence-corrected chi connectivity index (χ3v) is 3.00. The van der Waals surface area contributed by atoms with Crippen LogP contribution in [-0.4, -0.2) is 25.9 Å². The fourth-order valence-corrected chi connectivity index (χ4v) is 1.90. The fraction of sp³-hybridized carbons (Fsp3) is 0.455. The maximum atomic E-state index is 5.65. The summed E-state index contributed by atoms with van der Waals surface area (Å²) < 4.78 is 0. The van der Waals surface area contributed by atoms with E-state index in [1.807, 2.05) is 12.1 Å². The summed E-state index contributed by atoms with van der Waals surface area (Å²) in [5, 5.41) is 0. The van der Waals surface area contributed by atoms with Crippen molar-refractivity contribution in [3.8, 4) is 0 Å². The van der Waals surface area contributed by atoms with E-state index < -0.39 is 0 Å². The van der Waals surface area contributed by atoms with Crippen LogP contribution >= 0.6 is 8.58 Å². The van der Waals surface area contributed by atoms with Gasteiger partial charge in [-0.05, 0) is 44.0 Å². The molecule has 0 aliphatic heterocycles. The maximum Gasteiger partial charge on any atom is 0.0367 e. The molecule has 0 aromatic heterocycles. The normalized spacial score (nSPS) is 11.0. The third-order valence-electron chi connectivity index (χ3n) is 2.27. The molecule has 3 heteroatoms. The summed E-state index contributed by atoms with van der Waals surface area (Å²) in [5.41, 5.74) is 7.76. The molecule has 0 amide bonds. The highest BCUT2D eigenvalue weighted by Crippen LogP contribution is 2.16. The van der Waals surface area contributed by atoms with Gasteiger partial charge in [0.2, 0.25) is 0 Å². The fourth-order valence-electron chi connectivity index (χ4n) is 1.40. The van der Waals surface area contributed by atoms with Crippen LogP contribution in [-0.2, 0) is 0 Å². The highest BCUT2D eigenvalue weighted by Gasteiger charge is 2.02. The number of rotatable bonds is 5. The predicted molar refractivity (Wildman–Crippen MR) is 67.8 cm³/mol. The average Bonchev–Trinajstić information content (AvgIpc) is 2.21. The van der Waals surface area contributed by atoms with Crippen LogP contribution in [0.1, 0.15) is 6.92 Å². The lowest BCUT2D eigenvalue weighted by Gasteiger charge is -2.22. The van der Waals surface area contributed by atoms with Crippen molar-refractivity contribution in [2.45, 2.75) is 6.92 Å². The Morgan fingerprint density at radius 1 is 1.29 bits per heavy atom. The van der Waals surface area contributed by atoms with Gasteiger partial charge >= 0.3 is 0 Å². The third kappa shape index (κ3) is 3.19. The van der Waals surface area contributed by atoms with Crippen LogP contribution in [0.2, 0.25) is 0 Å². The second-order valence-corrected chi connectivity index (χ2v) is 4.48. The molecule has 14 heavy (non-hydrogen) atoms. The number of hydrogen-bond acceptors (Lipinski definition) is 2. The second-order valence-electron chi connectivity index (χ2n) is 3.27. The first-order chi connectivity index (χ1) is 6.77. The minimum atomic E-state index is 0.835. The van der Waals surface area contributed by atoms with E-state index in [4.69, 9.17) is 5.73 Å². The summed E-state index contributed by atoms with van der Waals surface area (Å²) in [7, 11) is 1.03. The Morgan fingerprint density at radius 3 is 2.43 bits per heavy atom. The molecule has 1 aromatic carbocycles. The number of benzene rings is 1. The minimum Gasteiger partial charge on any atom is -0.399 e. The van der Waals surface area contributed by atoms with Crippen molar-refractivity contribution in [1.29, 1.82) is 0 Å². The SMILES string of the molecule is CCN(CCPC)c1ccc(N)cc1. The van der Waals surface area contributed by atoms with Gasteiger partial charge in [0.05, 0.1) is 0 Å². The van der Waals surface area contributed by atoms with E-state index in [0.29, 0.717) is 0 Å². The number of hydrogen-bond donors (Lipinski definition) is 1. The van der Waals surface area contributed by atoms with E-state index in [9.17, 15) is 0 Å². The van der Waals surface area contributed by atoms with Crippen molar-refractivity contribution in [2.75, 3.05) is 36.5 Å². The van der Waals surface area contributed by atoms with Gasteiger partial charge in [0, 0.05) is 24.5 Å². The molecule has 0 aliphatic rings. The molecule has 0 bridgehead atoms. The average molecular weight is 210 g/mol. The van der Waals surface area contributed by atoms with Crippen molar-refractivity contribution in [1.82, 2.24) is 0 Å². The number of anilines is 2. The predicted octanol–water partition coefficient (Wildman–Crippen LogP) is 2.40. The monoisotopic (exact) mass is 210 g/mol. The highest BCUT2D eigenvalue weighted by molar-refractivity contribution is 7.37. The van der Waals surface area contributed by atoms with Gasteiger partial charge in [-0.2, -0.15) is 0 Å². The standard InChI is InChI=1S/C11H19N2P/c1-3-13(8-9-14-2)11-6-4-10(12)5-7-11/h4-7,14H,3,8-9,12H2,1-2H3. The first-order valence-corrected chi connectivity index (χ1v) is 6.73. The molecule has 1 atom stereocenters. The summed E-state index contributed by atoms with van der Waals surface area (Å²) >= 11 is 0. The molecule has 78 valence electrons. The first-order valence-electron chi connectivity index (χ1n) is 5.03. The largest absolute Gasteiger partial charge is 0.399 e. The van der Waals surface area contributed by atoms with Crippen molar-refractivity contribution in [2.24, 2.45) is 0 Å². The van der Waals surface area contributed by atoms with Crippen molar-refractivity contribution in [3.05, 3.63) is 24.3 Å². The molecule has 0 heterocycles. The van der Waals surface area contributed by atoms with Crippen molar-refractivity contribution in [3.63, 3.8) is 0 Å². The molecule has 0 fully saturated rings. The van der Waals surface area contributed by atoms with Crippen LogP contribution in [0.25, 0.3) is 0 Å². The quantitative estimate of drug-likeness (QED) is 0.597. The molecular weight excluding hydrogens is 191 g/mol. The molecule has 1 unspecified atom stereocenters. The Morgan fingerprint density at radius 2 is 1.93 bits per heavy atom. The Labute approximate surface area is 88.3 Å². The first kappa shape index (κ1) is 11.3. The smallest absolute Gasteiger partial charge is 0.0367 e. The molecule has 0 aliphatic carbocycles. The topological polar surface area (TPSA) is 29.3 Å². The van der Waals surface area contributed by atoms with Gasteiger partial charge in [0.15, 0.2) is 0 Å². The van der Waals surface area contributed by atoms with Crippen LogP contribution in [0.15, 0.2) is 24.3 Å². The van der Waals surface area contributed by atoms with Crippen LogP contribution < -0.4 is 10.6 Å². The van der Waals surface area contributed by atoms with E-state index in [-0.39, 0.29) is 0 Å². The summed E-state index contributed by atoms with van der Waals surface area (Å²) in [4.78, 5) is 2.38. The zero-order valence-corrected chi connectivity index (χ0v) is 9.96. The maximum absolute atomic E-state index is 5.65. The minimum absolute atomic E-state index is 0.835. The zero-order chi connectivity index (χ0) is 10.4. The summed E-state index contributed by atoms with van der Waals surface area (Å²) in [6.45, 7) is 6.65.